The van der Waals surface area contributed by atoms with Crippen LogP contribution in [0.15, 0.2) is 222 Å². The van der Waals surface area contributed by atoms with Crippen molar-refractivity contribution in [1.82, 2.24) is 0 Å². The summed E-state index contributed by atoms with van der Waals surface area (Å²) < 4.78 is 174. The average Bonchev–Trinajstić information content (AvgIpc) is 3.35. The van der Waals surface area contributed by atoms with Crippen molar-refractivity contribution in [3.05, 3.63) is 251 Å². The van der Waals surface area contributed by atoms with Gasteiger partial charge in [0.2, 0.25) is 5.78 Å². The van der Waals surface area contributed by atoms with Crippen LogP contribution in [0, 0.1) is 0 Å². The number of Topliss-reactive ketones (excluding diaryl/α,β-unsaturated/α-hetero) is 1. The van der Waals surface area contributed by atoms with Gasteiger partial charge >= 0.3 is 24.7 Å². The largest absolute Gasteiger partial charge is 0.416 e. The Bertz CT molecular complexity index is 2790. The molecule has 0 radical (unpaired) electrons. The minimum Gasteiger partial charge on any atom is -0.289 e. The van der Waals surface area contributed by atoms with Gasteiger partial charge in [-0.1, -0.05) is 192 Å². The molecular formula is C55H39BF12O2S. The number of rotatable bonds is 11. The molecule has 8 aromatic rings. The molecule has 364 valence electrons. The Hall–Kier alpha value is -7.20. The van der Waals surface area contributed by atoms with Gasteiger partial charge in [-0.2, -0.15) is 74.5 Å². The second-order valence-corrected chi connectivity index (χ2v) is 19.2. The van der Waals surface area contributed by atoms with Crippen molar-refractivity contribution in [2.24, 2.45) is 0 Å². The highest BCUT2D eigenvalue weighted by molar-refractivity contribution is 8.03. The summed E-state index contributed by atoms with van der Waals surface area (Å²) in [5, 5.41) is 0. The van der Waals surface area contributed by atoms with Crippen LogP contribution in [0.1, 0.15) is 43.7 Å². The summed E-state index contributed by atoms with van der Waals surface area (Å²) in [6.07, 6.45) is -21.2. The highest BCUT2D eigenvalue weighted by Crippen LogP contribution is 2.34. The van der Waals surface area contributed by atoms with E-state index in [2.05, 4.69) is 12.1 Å². The first-order chi connectivity index (χ1) is 33.5. The highest BCUT2D eigenvalue weighted by atomic mass is 32.2. The molecule has 8 rings (SSSR count). The number of halogens is 12. The molecule has 0 fully saturated rings. The predicted octanol–water partition coefficient (Wildman–Crippen LogP) is 13.2. The van der Waals surface area contributed by atoms with Crippen molar-refractivity contribution in [2.45, 2.75) is 40.9 Å². The van der Waals surface area contributed by atoms with Gasteiger partial charge in [-0.3, -0.25) is 4.79 Å². The Morgan fingerprint density at radius 3 is 0.901 bits per heavy atom. The van der Waals surface area contributed by atoms with E-state index in [1.165, 1.54) is 5.56 Å². The molecule has 2 nitrogen and oxygen atoms in total. The van der Waals surface area contributed by atoms with Gasteiger partial charge in [0.1, 0.15) is 6.15 Å². The maximum Gasteiger partial charge on any atom is 0.416 e. The van der Waals surface area contributed by atoms with Crippen molar-refractivity contribution in [1.29, 1.82) is 0 Å². The van der Waals surface area contributed by atoms with E-state index in [9.17, 15) is 61.7 Å². The Morgan fingerprint density at radius 2 is 0.620 bits per heavy atom. The maximum atomic E-state index is 14.1. The van der Waals surface area contributed by atoms with Crippen LogP contribution in [-0.4, -0.2) is 17.7 Å². The summed E-state index contributed by atoms with van der Waals surface area (Å²) in [6, 6.07) is 50.0. The molecule has 8 aromatic carbocycles. The first kappa shape index (κ1) is 51.6. The van der Waals surface area contributed by atoms with Crippen LogP contribution < -0.4 is 21.9 Å². The van der Waals surface area contributed by atoms with Crippen LogP contribution in [0.4, 0.5) is 52.7 Å². The van der Waals surface area contributed by atoms with Gasteiger partial charge in [-0.05, 0) is 41.8 Å². The van der Waals surface area contributed by atoms with Crippen molar-refractivity contribution in [2.75, 3.05) is 5.75 Å². The zero-order valence-electron chi connectivity index (χ0n) is 37.0. The van der Waals surface area contributed by atoms with E-state index in [0.29, 0.717) is 63.9 Å². The molecule has 0 heterocycles. The third-order valence-corrected chi connectivity index (χ3v) is 14.8. The van der Waals surface area contributed by atoms with Gasteiger partial charge in [-0.25, -0.2) is 0 Å². The molecule has 0 bridgehead atoms. The van der Waals surface area contributed by atoms with Gasteiger partial charge in [0.05, 0.1) is 22.3 Å². The predicted molar refractivity (Wildman–Crippen MR) is 252 cm³/mol. The van der Waals surface area contributed by atoms with Gasteiger partial charge in [0, 0.05) is 5.56 Å². The molecule has 0 N–H and O–H groups in total. The Balaban J connectivity index is 0.000000219. The number of carbonyl (C=O) groups is 1. The molecule has 0 aliphatic carbocycles. The first-order valence-electron chi connectivity index (χ1n) is 21.6. The average molecular weight is 1000 g/mol. The monoisotopic (exact) mass is 1000 g/mol. The van der Waals surface area contributed by atoms with E-state index in [1.54, 1.807) is 0 Å². The lowest BCUT2D eigenvalue weighted by Crippen LogP contribution is -2.74. The fourth-order valence-corrected chi connectivity index (χ4v) is 10.8. The molecule has 0 atom stereocenters. The molecule has 0 aromatic heterocycles. The Labute approximate surface area is 402 Å². The second kappa shape index (κ2) is 20.6. The summed E-state index contributed by atoms with van der Waals surface area (Å²) in [5.74, 6) is -0.155. The van der Waals surface area contributed by atoms with E-state index in [-0.39, 0.29) is 33.4 Å². The molecule has 0 saturated heterocycles. The molecule has 16 heteroatoms. The first-order valence-corrected chi connectivity index (χ1v) is 23.4. The Kier molecular flexibility index (Phi) is 15.0. The van der Waals surface area contributed by atoms with E-state index in [1.807, 2.05) is 103 Å². The van der Waals surface area contributed by atoms with Gasteiger partial charge < -0.3 is 0 Å². The lowest BCUT2D eigenvalue weighted by atomic mass is 9.13. The minimum atomic E-state index is -4.77. The number of hydrogen-bond donors (Lipinski definition) is 0. The summed E-state index contributed by atoms with van der Waals surface area (Å²) >= 11 is 0. The lowest BCUT2D eigenvalue weighted by molar-refractivity contribution is -0.138. The maximum absolute atomic E-state index is 14.1. The molecule has 0 saturated carbocycles. The second-order valence-electron chi connectivity index (χ2n) is 16.6. The molecular weight excluding hydrogens is 963 g/mol. The molecule has 0 aliphatic rings. The van der Waals surface area contributed by atoms with Crippen LogP contribution >= 0.6 is 0 Å². The molecule has 0 spiro atoms. The number of carbonyl (C=O) groups excluding carboxylic acids is 1. The topological polar surface area (TPSA) is 34.1 Å². The SMILES string of the molecule is FC(F)(F)c1ccc([B-](c2ccc(C(F)(F)F)cc2)(c2ccc(C(F)(F)F)cc2)c2ccc(C(F)(F)F)cc2)cc1.O=C(C[S+](=O)(c1ccccc1)c1ccccc1)c1ccc(Cc2ccccc2)cc1. The standard InChI is InChI=1S/C28H16BF12.C27H23O2S/c30-25(31,32)17-1-9-21(10-2-17)29(22-11-3-18(4-12-22)26(33,34)35,23-13-5-19(6-14-23)27(36,37)38)24-15-7-20(8-16-24)28(39,40)41;28-27(24-18-16-23(17-19-24)20-22-10-4-1-5-11-22)21-30(29,25-12-6-2-7-13-25)26-14-8-3-9-15-26/h1-16H;1-19H,20-21H2/q-1;+1. The minimum absolute atomic E-state index is 0.0114. The van der Waals surface area contributed by atoms with Crippen molar-refractivity contribution >= 4 is 43.7 Å². The van der Waals surface area contributed by atoms with Gasteiger partial charge in [0.25, 0.3) is 0 Å². The molecule has 71 heavy (non-hydrogen) atoms. The quantitative estimate of drug-likeness (QED) is 0.0560. The normalized spacial score (nSPS) is 12.5. The zero-order valence-corrected chi connectivity index (χ0v) is 37.8. The summed E-state index contributed by atoms with van der Waals surface area (Å²) in [6.45, 7) is 0. The summed E-state index contributed by atoms with van der Waals surface area (Å²) in [4.78, 5) is 14.5. The van der Waals surface area contributed by atoms with Crippen LogP contribution in [-0.2, 0) is 45.3 Å². The van der Waals surface area contributed by atoms with Crippen LogP contribution in [0.3, 0.4) is 0 Å². The lowest BCUT2D eigenvalue weighted by Gasteiger charge is -2.44. The van der Waals surface area contributed by atoms with Crippen molar-refractivity contribution < 1.29 is 61.7 Å². The highest BCUT2D eigenvalue weighted by Gasteiger charge is 2.40. The molecule has 0 amide bonds. The van der Waals surface area contributed by atoms with Crippen molar-refractivity contribution in [3.8, 4) is 0 Å². The van der Waals surface area contributed by atoms with Crippen LogP contribution in [0.5, 0.6) is 0 Å². The van der Waals surface area contributed by atoms with E-state index in [4.69, 9.17) is 0 Å². The van der Waals surface area contributed by atoms with E-state index >= 15 is 0 Å². The molecule has 0 aliphatic heterocycles. The molecule has 0 unspecified atom stereocenters. The number of benzene rings is 8. The van der Waals surface area contributed by atoms with Gasteiger partial charge in [0.15, 0.2) is 25.5 Å². The van der Waals surface area contributed by atoms with Gasteiger partial charge in [-0.15, -0.1) is 0 Å². The zero-order chi connectivity index (χ0) is 51.2. The smallest absolute Gasteiger partial charge is 0.289 e. The number of hydrogen-bond acceptors (Lipinski definition) is 2. The van der Waals surface area contributed by atoms with Crippen LogP contribution in [0.25, 0.3) is 0 Å². The van der Waals surface area contributed by atoms with E-state index in [0.717, 1.165) is 60.5 Å². The third kappa shape index (κ3) is 11.9. The fraction of sp³-hybridized carbons (Fsp3) is 0.109. The summed E-state index contributed by atoms with van der Waals surface area (Å²) in [5.41, 5.74) is -1.33. The number of ketones is 1. The number of alkyl halides is 12. The van der Waals surface area contributed by atoms with Crippen LogP contribution in [0.2, 0.25) is 0 Å². The van der Waals surface area contributed by atoms with Crippen molar-refractivity contribution in [3.63, 3.8) is 0 Å². The summed E-state index contributed by atoms with van der Waals surface area (Å²) in [7, 11) is -2.70. The van der Waals surface area contributed by atoms with E-state index < -0.39 is 63.0 Å². The third-order valence-electron chi connectivity index (χ3n) is 12.1. The Morgan fingerprint density at radius 1 is 0.352 bits per heavy atom. The fourth-order valence-electron chi connectivity index (χ4n) is 8.49.